The van der Waals surface area contributed by atoms with E-state index < -0.39 is 35.6 Å². The number of hydrogen-bond donors (Lipinski definition) is 0. The molecule has 2 aliphatic heterocycles. The average Bonchev–Trinajstić information content (AvgIpc) is 3.29. The van der Waals surface area contributed by atoms with Gasteiger partial charge in [-0.3, -0.25) is 5.01 Å². The van der Waals surface area contributed by atoms with E-state index in [4.69, 9.17) is 18.9 Å². The summed E-state index contributed by atoms with van der Waals surface area (Å²) in [7, 11) is 1.25. The van der Waals surface area contributed by atoms with Gasteiger partial charge in [-0.2, -0.15) is 5.01 Å². The van der Waals surface area contributed by atoms with E-state index in [9.17, 15) is 14.4 Å². The van der Waals surface area contributed by atoms with Crippen molar-refractivity contribution in [3.8, 4) is 0 Å². The van der Waals surface area contributed by atoms with Crippen molar-refractivity contribution in [1.82, 2.24) is 10.0 Å². The van der Waals surface area contributed by atoms with Crippen molar-refractivity contribution in [2.75, 3.05) is 13.7 Å². The van der Waals surface area contributed by atoms with Crippen molar-refractivity contribution < 1.29 is 33.3 Å². The van der Waals surface area contributed by atoms with Crippen molar-refractivity contribution >= 4 is 29.0 Å². The first-order valence-corrected chi connectivity index (χ1v) is 11.9. The highest BCUT2D eigenvalue weighted by molar-refractivity contribution is 5.91. The Hall–Kier alpha value is -3.75. The first-order chi connectivity index (χ1) is 17.0. The Bertz CT molecular complexity index is 1230. The Labute approximate surface area is 210 Å². The SMILES string of the molecule is CCOC(=O)C1=C(C)N2N(C(=O)OC)[C@H](OC(=O)OC(C)(C)C)C[C@]2(c2ccc3ccccc3c2)C1. The number of hydrogen-bond acceptors (Lipinski definition) is 8. The van der Waals surface area contributed by atoms with Crippen LogP contribution in [0.4, 0.5) is 9.59 Å². The van der Waals surface area contributed by atoms with E-state index in [0.29, 0.717) is 11.3 Å². The van der Waals surface area contributed by atoms with Crippen molar-refractivity contribution in [2.45, 2.75) is 64.8 Å². The fourth-order valence-electron chi connectivity index (χ4n) is 5.00. The molecule has 2 aromatic carbocycles. The number of rotatable bonds is 4. The molecule has 2 heterocycles. The van der Waals surface area contributed by atoms with Crippen LogP contribution in [0.1, 0.15) is 53.0 Å². The van der Waals surface area contributed by atoms with Gasteiger partial charge in [-0.05, 0) is 57.0 Å². The van der Waals surface area contributed by atoms with Gasteiger partial charge >= 0.3 is 18.2 Å². The Balaban J connectivity index is 1.83. The highest BCUT2D eigenvalue weighted by Crippen LogP contribution is 2.54. The molecule has 0 bridgehead atoms. The van der Waals surface area contributed by atoms with Crippen LogP contribution in [0.2, 0.25) is 0 Å². The number of ether oxygens (including phenoxy) is 4. The Morgan fingerprint density at radius 1 is 1.08 bits per heavy atom. The topological polar surface area (TPSA) is 94.6 Å². The zero-order valence-electron chi connectivity index (χ0n) is 21.5. The fraction of sp³-hybridized carbons (Fsp3) is 0.444. The second-order valence-electron chi connectivity index (χ2n) is 9.92. The minimum absolute atomic E-state index is 0.194. The first kappa shape index (κ1) is 25.3. The third-order valence-electron chi connectivity index (χ3n) is 6.42. The van der Waals surface area contributed by atoms with Gasteiger partial charge in [0.2, 0.25) is 6.23 Å². The van der Waals surface area contributed by atoms with Crippen LogP contribution in [0.3, 0.4) is 0 Å². The van der Waals surface area contributed by atoms with Crippen LogP contribution < -0.4 is 0 Å². The zero-order valence-corrected chi connectivity index (χ0v) is 21.5. The molecule has 0 aliphatic carbocycles. The fourth-order valence-corrected chi connectivity index (χ4v) is 5.00. The number of allylic oxidation sites excluding steroid dienone is 1. The monoisotopic (exact) mass is 496 g/mol. The molecule has 36 heavy (non-hydrogen) atoms. The molecule has 4 rings (SSSR count). The van der Waals surface area contributed by atoms with Crippen molar-refractivity contribution in [2.24, 2.45) is 0 Å². The number of carbonyl (C=O) groups excluding carboxylic acids is 3. The Morgan fingerprint density at radius 2 is 1.78 bits per heavy atom. The van der Waals surface area contributed by atoms with Crippen molar-refractivity contribution in [1.29, 1.82) is 0 Å². The average molecular weight is 497 g/mol. The lowest BCUT2D eigenvalue weighted by atomic mass is 9.82. The predicted molar refractivity (Wildman–Crippen MR) is 131 cm³/mol. The molecule has 0 saturated carbocycles. The maximum Gasteiger partial charge on any atom is 0.510 e. The van der Waals surface area contributed by atoms with E-state index in [1.165, 1.54) is 12.1 Å². The first-order valence-electron chi connectivity index (χ1n) is 11.9. The quantitative estimate of drug-likeness (QED) is 0.419. The summed E-state index contributed by atoms with van der Waals surface area (Å²) in [5.41, 5.74) is 0.183. The van der Waals surface area contributed by atoms with Gasteiger partial charge in [-0.1, -0.05) is 36.4 Å². The highest BCUT2D eigenvalue weighted by atomic mass is 16.7. The maximum atomic E-state index is 13.1. The molecule has 1 amide bonds. The molecule has 192 valence electrons. The van der Waals surface area contributed by atoms with Crippen LogP contribution in [-0.2, 0) is 29.3 Å². The number of nitrogens with zero attached hydrogens (tertiary/aromatic N) is 2. The van der Waals surface area contributed by atoms with Crippen molar-refractivity contribution in [3.63, 3.8) is 0 Å². The third-order valence-corrected chi connectivity index (χ3v) is 6.42. The molecule has 0 radical (unpaired) electrons. The molecule has 0 spiro atoms. The van der Waals surface area contributed by atoms with E-state index in [1.54, 1.807) is 39.6 Å². The van der Waals surface area contributed by atoms with E-state index in [0.717, 1.165) is 16.3 Å². The number of hydrazine groups is 1. The maximum absolute atomic E-state index is 13.1. The molecule has 0 unspecified atom stereocenters. The summed E-state index contributed by atoms with van der Waals surface area (Å²) in [6, 6.07) is 13.9. The highest BCUT2D eigenvalue weighted by Gasteiger charge is 2.60. The molecule has 1 fully saturated rings. The van der Waals surface area contributed by atoms with Gasteiger partial charge in [0, 0.05) is 18.5 Å². The van der Waals surface area contributed by atoms with Crippen LogP contribution in [0.25, 0.3) is 10.8 Å². The van der Waals surface area contributed by atoms with Gasteiger partial charge in [0.1, 0.15) is 5.60 Å². The van der Waals surface area contributed by atoms with Crippen LogP contribution in [0.15, 0.2) is 53.7 Å². The molecule has 2 aliphatic rings. The number of amides is 1. The van der Waals surface area contributed by atoms with Crippen LogP contribution in [0, 0.1) is 0 Å². The van der Waals surface area contributed by atoms with Gasteiger partial charge < -0.3 is 18.9 Å². The Kier molecular flexibility index (Phi) is 6.60. The summed E-state index contributed by atoms with van der Waals surface area (Å²) in [5, 5.41) is 5.03. The van der Waals surface area contributed by atoms with Gasteiger partial charge in [-0.25, -0.2) is 14.4 Å². The van der Waals surface area contributed by atoms with E-state index in [1.807, 2.05) is 42.5 Å². The van der Waals surface area contributed by atoms with E-state index in [2.05, 4.69) is 0 Å². The number of methoxy groups -OCH3 is 1. The second-order valence-corrected chi connectivity index (χ2v) is 9.92. The van der Waals surface area contributed by atoms with E-state index in [-0.39, 0.29) is 19.4 Å². The summed E-state index contributed by atoms with van der Waals surface area (Å²) in [5.74, 6) is -0.445. The molecule has 2 aromatic rings. The van der Waals surface area contributed by atoms with Crippen LogP contribution >= 0.6 is 0 Å². The molecular weight excluding hydrogens is 464 g/mol. The summed E-state index contributed by atoms with van der Waals surface area (Å²) in [6.07, 6.45) is -2.19. The third kappa shape index (κ3) is 4.45. The number of benzene rings is 2. The van der Waals surface area contributed by atoms with Gasteiger partial charge in [-0.15, -0.1) is 0 Å². The lowest BCUT2D eigenvalue weighted by molar-refractivity contribution is -0.138. The Morgan fingerprint density at radius 3 is 2.42 bits per heavy atom. The van der Waals surface area contributed by atoms with Crippen LogP contribution in [0.5, 0.6) is 0 Å². The lowest BCUT2D eigenvalue weighted by Gasteiger charge is -2.38. The standard InChI is InChI=1S/C27H32N2O7/c1-7-34-23(30)21-15-27(20-13-12-18-10-8-9-11-19(18)14-20)16-22(35-25(32)36-26(3,4)5)28(24(31)33-6)29(27)17(21)2/h8-14,22H,7,15-16H2,1-6H3/t22-,27+/m1/s1. The number of carbonyl (C=O) groups is 3. The second kappa shape index (κ2) is 9.37. The van der Waals surface area contributed by atoms with Crippen LogP contribution in [-0.4, -0.2) is 53.8 Å². The van der Waals surface area contributed by atoms with Crippen molar-refractivity contribution in [3.05, 3.63) is 59.3 Å². The number of fused-ring (bicyclic) bond motifs is 2. The summed E-state index contributed by atoms with van der Waals surface area (Å²) < 4.78 is 21.4. The normalized spacial score (nSPS) is 21.4. The molecule has 2 atom stereocenters. The molecule has 9 nitrogen and oxygen atoms in total. The minimum atomic E-state index is -1.02. The summed E-state index contributed by atoms with van der Waals surface area (Å²) in [6.45, 7) is 8.91. The predicted octanol–water partition coefficient (Wildman–Crippen LogP) is 5.24. The zero-order chi connectivity index (χ0) is 26.3. The minimum Gasteiger partial charge on any atom is -0.463 e. The van der Waals surface area contributed by atoms with Gasteiger partial charge in [0.05, 0.1) is 24.8 Å². The molecule has 0 N–H and O–H groups in total. The molecular formula is C27H32N2O7. The summed E-state index contributed by atoms with van der Waals surface area (Å²) >= 11 is 0. The largest absolute Gasteiger partial charge is 0.510 e. The lowest BCUT2D eigenvalue weighted by Crippen LogP contribution is -2.49. The van der Waals surface area contributed by atoms with E-state index >= 15 is 0 Å². The molecule has 0 aromatic heterocycles. The smallest absolute Gasteiger partial charge is 0.463 e. The summed E-state index contributed by atoms with van der Waals surface area (Å²) in [4.78, 5) is 38.6. The number of esters is 1. The van der Waals surface area contributed by atoms with Gasteiger partial charge in [0.25, 0.3) is 0 Å². The van der Waals surface area contributed by atoms with Gasteiger partial charge in [0.15, 0.2) is 0 Å². The molecule has 1 saturated heterocycles. The molecule has 9 heteroatoms.